The van der Waals surface area contributed by atoms with E-state index in [4.69, 9.17) is 0 Å². The van der Waals surface area contributed by atoms with Gasteiger partial charge in [0.25, 0.3) is 0 Å². The van der Waals surface area contributed by atoms with E-state index in [9.17, 15) is 4.39 Å². The third-order valence-electron chi connectivity index (χ3n) is 3.97. The van der Waals surface area contributed by atoms with Crippen molar-refractivity contribution in [2.45, 2.75) is 25.7 Å². The first-order chi connectivity index (χ1) is 7.69. The highest BCUT2D eigenvalue weighted by Crippen LogP contribution is 2.48. The molecule has 1 saturated carbocycles. The molecule has 2 aliphatic rings. The molecule has 0 bridgehead atoms. The zero-order chi connectivity index (χ0) is 11.2. The standard InChI is InChI=1S/C13H15BrFN/c14-11-7-10(15)3-4-12(11)16-8-13(9-16)5-1-2-6-13/h3-4,7H,1-2,5-6,8-9H2. The molecule has 1 heterocycles. The fraction of sp³-hybridized carbons (Fsp3) is 0.538. The molecule has 0 unspecified atom stereocenters. The lowest BCUT2D eigenvalue weighted by Crippen LogP contribution is -2.55. The van der Waals surface area contributed by atoms with Crippen molar-refractivity contribution in [3.8, 4) is 0 Å². The van der Waals surface area contributed by atoms with Crippen LogP contribution in [0.5, 0.6) is 0 Å². The number of hydrogen-bond acceptors (Lipinski definition) is 1. The fourth-order valence-corrected chi connectivity index (χ4v) is 3.71. The molecule has 1 aliphatic carbocycles. The van der Waals surface area contributed by atoms with Crippen molar-refractivity contribution >= 4 is 21.6 Å². The average Bonchev–Trinajstić information content (AvgIpc) is 2.65. The van der Waals surface area contributed by atoms with Crippen LogP contribution in [0.4, 0.5) is 10.1 Å². The summed E-state index contributed by atoms with van der Waals surface area (Å²) in [6.45, 7) is 2.30. The van der Waals surface area contributed by atoms with Crippen molar-refractivity contribution in [2.75, 3.05) is 18.0 Å². The van der Waals surface area contributed by atoms with Crippen LogP contribution in [0.3, 0.4) is 0 Å². The van der Waals surface area contributed by atoms with Gasteiger partial charge < -0.3 is 4.90 Å². The average molecular weight is 284 g/mol. The summed E-state index contributed by atoms with van der Waals surface area (Å²) in [4.78, 5) is 2.36. The van der Waals surface area contributed by atoms with E-state index in [0.29, 0.717) is 5.41 Å². The Balaban J connectivity index is 1.76. The van der Waals surface area contributed by atoms with Crippen LogP contribution < -0.4 is 4.90 Å². The molecule has 1 aliphatic heterocycles. The van der Waals surface area contributed by atoms with Crippen molar-refractivity contribution in [3.63, 3.8) is 0 Å². The van der Waals surface area contributed by atoms with Crippen LogP contribution in [0.1, 0.15) is 25.7 Å². The summed E-state index contributed by atoms with van der Waals surface area (Å²) in [5.41, 5.74) is 1.73. The van der Waals surface area contributed by atoms with Crippen molar-refractivity contribution in [2.24, 2.45) is 5.41 Å². The Morgan fingerprint density at radius 3 is 2.50 bits per heavy atom. The number of benzene rings is 1. The largest absolute Gasteiger partial charge is 0.369 e. The first kappa shape index (κ1) is 10.6. The maximum Gasteiger partial charge on any atom is 0.124 e. The highest BCUT2D eigenvalue weighted by molar-refractivity contribution is 9.10. The molecular weight excluding hydrogens is 269 g/mol. The molecular formula is C13H15BrFN. The Morgan fingerprint density at radius 2 is 1.88 bits per heavy atom. The number of rotatable bonds is 1. The summed E-state index contributed by atoms with van der Waals surface area (Å²) in [6.07, 6.45) is 5.53. The second-order valence-electron chi connectivity index (χ2n) is 5.16. The highest BCUT2D eigenvalue weighted by Gasteiger charge is 2.44. The molecule has 0 aromatic heterocycles. The number of anilines is 1. The van der Waals surface area contributed by atoms with Crippen molar-refractivity contribution in [1.29, 1.82) is 0 Å². The summed E-state index contributed by atoms with van der Waals surface area (Å²) >= 11 is 3.44. The molecule has 86 valence electrons. The first-order valence-corrected chi connectivity index (χ1v) is 6.68. The zero-order valence-electron chi connectivity index (χ0n) is 9.18. The number of halogens is 2. The molecule has 1 nitrogen and oxygen atoms in total. The zero-order valence-corrected chi connectivity index (χ0v) is 10.8. The molecule has 1 aromatic carbocycles. The summed E-state index contributed by atoms with van der Waals surface area (Å²) < 4.78 is 13.9. The van der Waals surface area contributed by atoms with Crippen LogP contribution >= 0.6 is 15.9 Å². The van der Waals surface area contributed by atoms with Crippen LogP contribution in [-0.4, -0.2) is 13.1 Å². The third kappa shape index (κ3) is 1.65. The van der Waals surface area contributed by atoms with E-state index < -0.39 is 0 Å². The monoisotopic (exact) mass is 283 g/mol. The van der Waals surface area contributed by atoms with Gasteiger partial charge in [-0.2, -0.15) is 0 Å². The molecule has 16 heavy (non-hydrogen) atoms. The first-order valence-electron chi connectivity index (χ1n) is 5.89. The van der Waals surface area contributed by atoms with Crippen LogP contribution in [0.15, 0.2) is 22.7 Å². The molecule has 0 amide bonds. The van der Waals surface area contributed by atoms with Gasteiger partial charge in [0.05, 0.1) is 5.69 Å². The van der Waals surface area contributed by atoms with E-state index in [2.05, 4.69) is 20.8 Å². The second kappa shape index (κ2) is 3.73. The molecule has 1 aromatic rings. The van der Waals surface area contributed by atoms with Gasteiger partial charge in [-0.25, -0.2) is 4.39 Å². The van der Waals surface area contributed by atoms with Gasteiger partial charge in [0.1, 0.15) is 5.82 Å². The lowest BCUT2D eigenvalue weighted by Gasteiger charge is -2.50. The van der Waals surface area contributed by atoms with Gasteiger partial charge >= 0.3 is 0 Å². The molecule has 2 fully saturated rings. The van der Waals surface area contributed by atoms with Crippen LogP contribution in [0, 0.1) is 11.2 Å². The molecule has 0 N–H and O–H groups in total. The number of hydrogen-bond donors (Lipinski definition) is 0. The van der Waals surface area contributed by atoms with Crippen molar-refractivity contribution < 1.29 is 4.39 Å². The third-order valence-corrected chi connectivity index (χ3v) is 4.60. The molecule has 3 rings (SSSR count). The SMILES string of the molecule is Fc1ccc(N2CC3(CCCC3)C2)c(Br)c1. The Labute approximate surface area is 104 Å². The van der Waals surface area contributed by atoms with E-state index in [1.165, 1.54) is 25.7 Å². The minimum Gasteiger partial charge on any atom is -0.369 e. The highest BCUT2D eigenvalue weighted by atomic mass is 79.9. The van der Waals surface area contributed by atoms with E-state index >= 15 is 0 Å². The Hall–Kier alpha value is -0.570. The Kier molecular flexibility index (Phi) is 2.46. The van der Waals surface area contributed by atoms with Crippen molar-refractivity contribution in [1.82, 2.24) is 0 Å². The maximum absolute atomic E-state index is 13.0. The normalized spacial score (nSPS) is 22.5. The van der Waals surface area contributed by atoms with Gasteiger partial charge in [-0.05, 0) is 47.0 Å². The van der Waals surface area contributed by atoms with Gasteiger partial charge in [-0.1, -0.05) is 12.8 Å². The molecule has 0 atom stereocenters. The fourth-order valence-electron chi connectivity index (χ4n) is 3.11. The van der Waals surface area contributed by atoms with E-state index in [1.54, 1.807) is 12.1 Å². The second-order valence-corrected chi connectivity index (χ2v) is 6.01. The minimum atomic E-state index is -0.174. The van der Waals surface area contributed by atoms with Gasteiger partial charge in [-0.3, -0.25) is 0 Å². The Bertz CT molecular complexity index is 404. The molecule has 0 radical (unpaired) electrons. The smallest absolute Gasteiger partial charge is 0.124 e. The van der Waals surface area contributed by atoms with E-state index in [0.717, 1.165) is 23.2 Å². The quantitative estimate of drug-likeness (QED) is 0.754. The Morgan fingerprint density at radius 1 is 1.19 bits per heavy atom. The lowest BCUT2D eigenvalue weighted by atomic mass is 9.78. The minimum absolute atomic E-state index is 0.174. The van der Waals surface area contributed by atoms with Crippen LogP contribution in [0.2, 0.25) is 0 Å². The summed E-state index contributed by atoms with van der Waals surface area (Å²) in [6, 6.07) is 4.97. The maximum atomic E-state index is 13.0. The predicted octanol–water partition coefficient (Wildman–Crippen LogP) is 3.97. The lowest BCUT2D eigenvalue weighted by molar-refractivity contribution is 0.221. The predicted molar refractivity (Wildman–Crippen MR) is 67.2 cm³/mol. The van der Waals surface area contributed by atoms with Gasteiger partial charge in [0.2, 0.25) is 0 Å². The summed E-state index contributed by atoms with van der Waals surface area (Å²) in [5.74, 6) is -0.174. The molecule has 3 heteroatoms. The van der Waals surface area contributed by atoms with Crippen LogP contribution in [0.25, 0.3) is 0 Å². The molecule has 1 saturated heterocycles. The van der Waals surface area contributed by atoms with E-state index in [1.807, 2.05) is 6.07 Å². The summed E-state index contributed by atoms with van der Waals surface area (Å²) in [5, 5.41) is 0. The van der Waals surface area contributed by atoms with Gasteiger partial charge in [0, 0.05) is 23.0 Å². The van der Waals surface area contributed by atoms with Crippen LogP contribution in [-0.2, 0) is 0 Å². The van der Waals surface area contributed by atoms with Crippen molar-refractivity contribution in [3.05, 3.63) is 28.5 Å². The molecule has 1 spiro atoms. The topological polar surface area (TPSA) is 3.24 Å². The number of nitrogens with zero attached hydrogens (tertiary/aromatic N) is 1. The van der Waals surface area contributed by atoms with E-state index in [-0.39, 0.29) is 5.82 Å². The van der Waals surface area contributed by atoms with Gasteiger partial charge in [0.15, 0.2) is 0 Å². The van der Waals surface area contributed by atoms with Gasteiger partial charge in [-0.15, -0.1) is 0 Å². The summed E-state index contributed by atoms with van der Waals surface area (Å²) in [7, 11) is 0.